The SMILES string of the molecule is Cc1cc(-c2ccccc2)cc(C)c1-c1oc(-c2ccccc2)nc1C. The van der Waals surface area contributed by atoms with Gasteiger partial charge in [-0.1, -0.05) is 60.7 Å². The largest absolute Gasteiger partial charge is 0.436 e. The summed E-state index contributed by atoms with van der Waals surface area (Å²) in [7, 11) is 0. The van der Waals surface area contributed by atoms with Crippen LogP contribution in [0.25, 0.3) is 33.9 Å². The van der Waals surface area contributed by atoms with E-state index in [1.807, 2.05) is 43.3 Å². The number of aromatic nitrogens is 1. The van der Waals surface area contributed by atoms with E-state index in [1.165, 1.54) is 22.3 Å². The third kappa shape index (κ3) is 2.95. The molecule has 0 fully saturated rings. The van der Waals surface area contributed by atoms with Crippen LogP contribution in [0.1, 0.15) is 16.8 Å². The Bertz CT molecular complexity index is 1020. The maximum atomic E-state index is 6.18. The summed E-state index contributed by atoms with van der Waals surface area (Å²) in [6.07, 6.45) is 0. The van der Waals surface area contributed by atoms with E-state index in [9.17, 15) is 0 Å². The predicted octanol–water partition coefficient (Wildman–Crippen LogP) is 6.60. The van der Waals surface area contributed by atoms with Crippen LogP contribution in [-0.4, -0.2) is 4.98 Å². The average molecular weight is 339 g/mol. The van der Waals surface area contributed by atoms with Crippen molar-refractivity contribution >= 4 is 0 Å². The lowest BCUT2D eigenvalue weighted by atomic mass is 9.94. The lowest BCUT2D eigenvalue weighted by molar-refractivity contribution is 0.587. The number of hydrogen-bond acceptors (Lipinski definition) is 2. The Morgan fingerprint density at radius 3 is 1.77 bits per heavy atom. The van der Waals surface area contributed by atoms with Crippen molar-refractivity contribution in [3.05, 3.63) is 89.6 Å². The highest BCUT2D eigenvalue weighted by Gasteiger charge is 2.17. The van der Waals surface area contributed by atoms with E-state index in [4.69, 9.17) is 4.42 Å². The van der Waals surface area contributed by atoms with Gasteiger partial charge in [-0.2, -0.15) is 0 Å². The molecule has 0 aliphatic heterocycles. The maximum Gasteiger partial charge on any atom is 0.226 e. The summed E-state index contributed by atoms with van der Waals surface area (Å²) in [5.41, 5.74) is 7.90. The Labute approximate surface area is 154 Å². The maximum absolute atomic E-state index is 6.18. The first-order valence-corrected chi connectivity index (χ1v) is 8.83. The number of benzene rings is 3. The molecule has 0 unspecified atom stereocenters. The summed E-state index contributed by atoms with van der Waals surface area (Å²) >= 11 is 0. The molecule has 0 amide bonds. The molecule has 2 nitrogen and oxygen atoms in total. The summed E-state index contributed by atoms with van der Waals surface area (Å²) in [4.78, 5) is 4.65. The fourth-order valence-corrected chi connectivity index (χ4v) is 3.45. The predicted molar refractivity (Wildman–Crippen MR) is 107 cm³/mol. The highest BCUT2D eigenvalue weighted by Crippen LogP contribution is 2.36. The average Bonchev–Trinajstić information content (AvgIpc) is 3.04. The number of aryl methyl sites for hydroxylation is 3. The van der Waals surface area contributed by atoms with Gasteiger partial charge in [-0.25, -0.2) is 4.98 Å². The highest BCUT2D eigenvalue weighted by molar-refractivity contribution is 5.76. The van der Waals surface area contributed by atoms with E-state index in [1.54, 1.807) is 0 Å². The minimum Gasteiger partial charge on any atom is -0.436 e. The zero-order valence-electron chi connectivity index (χ0n) is 15.3. The lowest BCUT2D eigenvalue weighted by Crippen LogP contribution is -1.91. The first-order chi connectivity index (χ1) is 12.6. The minimum atomic E-state index is 0.670. The summed E-state index contributed by atoms with van der Waals surface area (Å²) in [5, 5.41) is 0. The fraction of sp³-hybridized carbons (Fsp3) is 0.125. The van der Waals surface area contributed by atoms with Crippen LogP contribution >= 0.6 is 0 Å². The number of oxazole rings is 1. The van der Waals surface area contributed by atoms with Gasteiger partial charge in [0.1, 0.15) is 0 Å². The second-order valence-corrected chi connectivity index (χ2v) is 6.65. The number of rotatable bonds is 3. The van der Waals surface area contributed by atoms with E-state index in [0.29, 0.717) is 5.89 Å². The molecule has 0 aliphatic rings. The Morgan fingerprint density at radius 1 is 0.654 bits per heavy atom. The topological polar surface area (TPSA) is 26.0 Å². The van der Waals surface area contributed by atoms with Gasteiger partial charge in [-0.3, -0.25) is 0 Å². The smallest absolute Gasteiger partial charge is 0.226 e. The quantitative estimate of drug-likeness (QED) is 0.420. The van der Waals surface area contributed by atoms with E-state index in [2.05, 4.69) is 55.2 Å². The van der Waals surface area contributed by atoms with Crippen LogP contribution in [0.15, 0.2) is 77.2 Å². The van der Waals surface area contributed by atoms with Gasteiger partial charge in [-0.15, -0.1) is 0 Å². The zero-order valence-corrected chi connectivity index (χ0v) is 15.3. The van der Waals surface area contributed by atoms with E-state index >= 15 is 0 Å². The summed E-state index contributed by atoms with van der Waals surface area (Å²) < 4.78 is 6.18. The van der Waals surface area contributed by atoms with Gasteiger partial charge < -0.3 is 4.42 Å². The van der Waals surface area contributed by atoms with Crippen LogP contribution in [-0.2, 0) is 0 Å². The van der Waals surface area contributed by atoms with Gasteiger partial charge in [0.25, 0.3) is 0 Å². The molecule has 0 saturated heterocycles. The Morgan fingerprint density at radius 2 is 1.19 bits per heavy atom. The molecule has 0 radical (unpaired) electrons. The summed E-state index contributed by atoms with van der Waals surface area (Å²) in [5.74, 6) is 1.53. The van der Waals surface area contributed by atoms with Crippen LogP contribution in [0.2, 0.25) is 0 Å². The van der Waals surface area contributed by atoms with E-state index in [0.717, 1.165) is 22.6 Å². The van der Waals surface area contributed by atoms with Crippen molar-refractivity contribution in [1.82, 2.24) is 4.98 Å². The van der Waals surface area contributed by atoms with Crippen molar-refractivity contribution in [3.63, 3.8) is 0 Å². The Hall–Kier alpha value is -3.13. The normalized spacial score (nSPS) is 10.9. The molecule has 0 N–H and O–H groups in total. The van der Waals surface area contributed by atoms with Crippen LogP contribution in [0.4, 0.5) is 0 Å². The monoisotopic (exact) mass is 339 g/mol. The van der Waals surface area contributed by atoms with Crippen molar-refractivity contribution < 1.29 is 4.42 Å². The molecule has 0 bridgehead atoms. The first kappa shape index (κ1) is 16.3. The summed E-state index contributed by atoms with van der Waals surface area (Å²) in [6.45, 7) is 6.28. The molecule has 4 rings (SSSR count). The number of hydrogen-bond donors (Lipinski definition) is 0. The molecule has 1 heterocycles. The second-order valence-electron chi connectivity index (χ2n) is 6.65. The Kier molecular flexibility index (Phi) is 4.18. The third-order valence-electron chi connectivity index (χ3n) is 4.68. The Balaban J connectivity index is 1.81. The molecule has 4 aromatic rings. The van der Waals surface area contributed by atoms with Gasteiger partial charge >= 0.3 is 0 Å². The lowest BCUT2D eigenvalue weighted by Gasteiger charge is -2.11. The minimum absolute atomic E-state index is 0.670. The summed E-state index contributed by atoms with van der Waals surface area (Å²) in [6, 6.07) is 24.9. The van der Waals surface area contributed by atoms with Gasteiger partial charge in [0, 0.05) is 11.1 Å². The molecule has 3 aromatic carbocycles. The standard InChI is InChI=1S/C24H21NO/c1-16-14-21(19-10-6-4-7-11-19)15-17(2)22(16)23-18(3)25-24(26-23)20-12-8-5-9-13-20/h4-15H,1-3H3. The van der Waals surface area contributed by atoms with Crippen LogP contribution < -0.4 is 0 Å². The van der Waals surface area contributed by atoms with Crippen LogP contribution in [0.3, 0.4) is 0 Å². The van der Waals surface area contributed by atoms with Gasteiger partial charge in [-0.05, 0) is 55.2 Å². The molecule has 0 saturated carbocycles. The van der Waals surface area contributed by atoms with Crippen molar-refractivity contribution in [2.75, 3.05) is 0 Å². The molecule has 26 heavy (non-hydrogen) atoms. The number of nitrogens with zero attached hydrogens (tertiary/aromatic N) is 1. The molecule has 0 atom stereocenters. The molecule has 0 aliphatic carbocycles. The van der Waals surface area contributed by atoms with Crippen molar-refractivity contribution in [3.8, 4) is 33.9 Å². The first-order valence-electron chi connectivity index (χ1n) is 8.83. The fourth-order valence-electron chi connectivity index (χ4n) is 3.45. The van der Waals surface area contributed by atoms with Crippen molar-refractivity contribution in [1.29, 1.82) is 0 Å². The second kappa shape index (κ2) is 6.64. The van der Waals surface area contributed by atoms with Gasteiger partial charge in [0.05, 0.1) is 5.69 Å². The third-order valence-corrected chi connectivity index (χ3v) is 4.68. The van der Waals surface area contributed by atoms with Crippen LogP contribution in [0.5, 0.6) is 0 Å². The molecule has 0 spiro atoms. The van der Waals surface area contributed by atoms with E-state index in [-0.39, 0.29) is 0 Å². The van der Waals surface area contributed by atoms with E-state index < -0.39 is 0 Å². The van der Waals surface area contributed by atoms with Crippen LogP contribution in [0, 0.1) is 20.8 Å². The molecular weight excluding hydrogens is 318 g/mol. The molecule has 1 aromatic heterocycles. The van der Waals surface area contributed by atoms with Gasteiger partial charge in [0.15, 0.2) is 5.76 Å². The molecular formula is C24H21NO. The van der Waals surface area contributed by atoms with Crippen molar-refractivity contribution in [2.24, 2.45) is 0 Å². The zero-order chi connectivity index (χ0) is 18.1. The van der Waals surface area contributed by atoms with Gasteiger partial charge in [0.2, 0.25) is 5.89 Å². The molecule has 128 valence electrons. The highest BCUT2D eigenvalue weighted by atomic mass is 16.4. The molecule has 2 heteroatoms. The van der Waals surface area contributed by atoms with Crippen molar-refractivity contribution in [2.45, 2.75) is 20.8 Å².